The van der Waals surface area contributed by atoms with Gasteiger partial charge in [-0.15, -0.1) is 0 Å². The Balaban J connectivity index is 1.90. The average Bonchev–Trinajstić information content (AvgIpc) is 2.85. The average molecular weight is 246 g/mol. The number of nitrogens with zero attached hydrogens (tertiary/aromatic N) is 2. The molecule has 6 heteroatoms. The van der Waals surface area contributed by atoms with Gasteiger partial charge in [0, 0.05) is 6.54 Å². The van der Waals surface area contributed by atoms with Crippen molar-refractivity contribution in [2.45, 2.75) is 11.8 Å². The summed E-state index contributed by atoms with van der Waals surface area (Å²) in [4.78, 5) is 15.8. The number of nitrogens with one attached hydrogen (secondary N) is 2. The Bertz CT molecular complexity index is 606. The molecule has 1 aromatic heterocycles. The minimum atomic E-state index is -0.236. The molecule has 1 atom stereocenters. The molecule has 1 saturated heterocycles. The van der Waals surface area contributed by atoms with Crippen LogP contribution in [0.2, 0.25) is 0 Å². The molecule has 1 amide bonds. The number of rotatable bonds is 2. The zero-order chi connectivity index (χ0) is 11.8. The number of benzene rings is 1. The zero-order valence-electron chi connectivity index (χ0n) is 8.88. The largest absolute Gasteiger partial charge is 0.329 e. The van der Waals surface area contributed by atoms with Crippen molar-refractivity contribution < 1.29 is 4.79 Å². The summed E-state index contributed by atoms with van der Waals surface area (Å²) in [5, 5.41) is 9.90. The van der Waals surface area contributed by atoms with E-state index < -0.39 is 0 Å². The van der Waals surface area contributed by atoms with E-state index in [0.717, 1.165) is 11.0 Å². The smallest absolute Gasteiger partial charge is 0.241 e. The Kier molecular flexibility index (Phi) is 2.36. The first-order chi connectivity index (χ1) is 8.24. The maximum atomic E-state index is 11.5. The maximum absolute atomic E-state index is 11.5. The topological polar surface area (TPSA) is 70.8 Å². The number of amides is 1. The van der Waals surface area contributed by atoms with Crippen molar-refractivity contribution in [3.8, 4) is 0 Å². The number of amidine groups is 1. The molecule has 5 nitrogen and oxygen atoms in total. The van der Waals surface area contributed by atoms with Crippen LogP contribution in [0.4, 0.5) is 0 Å². The number of carbonyl (C=O) groups excluding carboxylic acids is 1. The fourth-order valence-electron chi connectivity index (χ4n) is 1.87. The molecule has 0 radical (unpaired) electrons. The number of thioether (sulfide) groups is 1. The molecule has 2 aromatic rings. The van der Waals surface area contributed by atoms with Crippen molar-refractivity contribution in [3.05, 3.63) is 30.6 Å². The maximum Gasteiger partial charge on any atom is 0.241 e. The molecule has 1 fully saturated rings. The van der Waals surface area contributed by atoms with Crippen molar-refractivity contribution in [1.29, 1.82) is 5.41 Å². The quantitative estimate of drug-likeness (QED) is 0.836. The van der Waals surface area contributed by atoms with E-state index in [2.05, 4.69) is 10.3 Å². The van der Waals surface area contributed by atoms with E-state index in [0.29, 0.717) is 6.54 Å². The van der Waals surface area contributed by atoms with Crippen molar-refractivity contribution in [3.63, 3.8) is 0 Å². The molecule has 86 valence electrons. The Morgan fingerprint density at radius 3 is 3.06 bits per heavy atom. The summed E-state index contributed by atoms with van der Waals surface area (Å²) in [6, 6.07) is 7.80. The first-order valence-corrected chi connectivity index (χ1v) is 6.08. The highest BCUT2D eigenvalue weighted by atomic mass is 32.2. The van der Waals surface area contributed by atoms with E-state index in [1.807, 2.05) is 28.8 Å². The molecule has 0 bridgehead atoms. The number of hydrogen-bond donors (Lipinski definition) is 2. The van der Waals surface area contributed by atoms with Crippen LogP contribution in [0, 0.1) is 5.41 Å². The number of imidazole rings is 1. The Morgan fingerprint density at radius 1 is 1.47 bits per heavy atom. The van der Waals surface area contributed by atoms with Gasteiger partial charge in [0.05, 0.1) is 17.4 Å². The van der Waals surface area contributed by atoms with Gasteiger partial charge >= 0.3 is 0 Å². The van der Waals surface area contributed by atoms with Crippen LogP contribution in [-0.2, 0) is 11.3 Å². The minimum absolute atomic E-state index is 0.0993. The lowest BCUT2D eigenvalue weighted by atomic mass is 10.3. The Labute approximate surface area is 102 Å². The van der Waals surface area contributed by atoms with E-state index in [-0.39, 0.29) is 16.3 Å². The van der Waals surface area contributed by atoms with Crippen LogP contribution in [0.1, 0.15) is 0 Å². The van der Waals surface area contributed by atoms with Crippen LogP contribution in [0.15, 0.2) is 30.6 Å². The van der Waals surface area contributed by atoms with Gasteiger partial charge in [0.25, 0.3) is 0 Å². The van der Waals surface area contributed by atoms with E-state index in [1.54, 1.807) is 6.33 Å². The number of para-hydroxylation sites is 2. The molecule has 1 unspecified atom stereocenters. The van der Waals surface area contributed by atoms with Crippen molar-refractivity contribution in [2.75, 3.05) is 0 Å². The second-order valence-electron chi connectivity index (χ2n) is 3.81. The molecular weight excluding hydrogens is 236 g/mol. The zero-order valence-corrected chi connectivity index (χ0v) is 9.70. The van der Waals surface area contributed by atoms with Gasteiger partial charge in [0.1, 0.15) is 5.25 Å². The number of fused-ring (bicyclic) bond motifs is 1. The van der Waals surface area contributed by atoms with E-state index in [1.165, 1.54) is 11.8 Å². The van der Waals surface area contributed by atoms with E-state index >= 15 is 0 Å². The number of aromatic nitrogens is 2. The summed E-state index contributed by atoms with van der Waals surface area (Å²) in [6.07, 6.45) is 1.74. The Hall–Kier alpha value is -1.82. The van der Waals surface area contributed by atoms with Crippen LogP contribution in [0.5, 0.6) is 0 Å². The second kappa shape index (κ2) is 3.89. The van der Waals surface area contributed by atoms with Crippen LogP contribution in [0.25, 0.3) is 11.0 Å². The van der Waals surface area contributed by atoms with Gasteiger partial charge in [-0.1, -0.05) is 23.9 Å². The molecular formula is C11H10N4OS. The monoisotopic (exact) mass is 246 g/mol. The van der Waals surface area contributed by atoms with Gasteiger partial charge in [-0.3, -0.25) is 10.2 Å². The predicted molar refractivity (Wildman–Crippen MR) is 67.0 cm³/mol. The SMILES string of the molecule is N=C1NC(=O)C(Cn2cnc3ccccc32)S1. The molecule has 0 saturated carbocycles. The number of carbonyl (C=O) groups is 1. The summed E-state index contributed by atoms with van der Waals surface area (Å²) in [7, 11) is 0. The first kappa shape index (κ1) is 10.3. The lowest BCUT2D eigenvalue weighted by Crippen LogP contribution is -2.27. The molecule has 2 heterocycles. The van der Waals surface area contributed by atoms with Crippen LogP contribution >= 0.6 is 11.8 Å². The summed E-state index contributed by atoms with van der Waals surface area (Å²) in [5.74, 6) is -0.0993. The van der Waals surface area contributed by atoms with Crippen molar-refractivity contribution in [2.24, 2.45) is 0 Å². The minimum Gasteiger partial charge on any atom is -0.329 e. The summed E-state index contributed by atoms with van der Waals surface area (Å²) < 4.78 is 1.95. The lowest BCUT2D eigenvalue weighted by Gasteiger charge is -2.07. The lowest BCUT2D eigenvalue weighted by molar-refractivity contribution is -0.119. The molecule has 0 aliphatic carbocycles. The van der Waals surface area contributed by atoms with Gasteiger partial charge in [0.2, 0.25) is 5.91 Å². The van der Waals surface area contributed by atoms with E-state index in [9.17, 15) is 4.79 Å². The predicted octanol–water partition coefficient (Wildman–Crippen LogP) is 1.20. The highest BCUT2D eigenvalue weighted by Crippen LogP contribution is 2.22. The van der Waals surface area contributed by atoms with Crippen LogP contribution in [0.3, 0.4) is 0 Å². The van der Waals surface area contributed by atoms with Crippen molar-refractivity contribution >= 4 is 33.9 Å². The van der Waals surface area contributed by atoms with Crippen molar-refractivity contribution in [1.82, 2.24) is 14.9 Å². The summed E-state index contributed by atoms with van der Waals surface area (Å²) in [6.45, 7) is 0.541. The van der Waals surface area contributed by atoms with Gasteiger partial charge in [0.15, 0.2) is 5.17 Å². The summed E-state index contributed by atoms with van der Waals surface area (Å²) >= 11 is 1.25. The highest BCUT2D eigenvalue weighted by Gasteiger charge is 2.29. The second-order valence-corrected chi connectivity index (χ2v) is 5.02. The number of hydrogen-bond acceptors (Lipinski definition) is 4. The molecule has 1 aliphatic heterocycles. The first-order valence-electron chi connectivity index (χ1n) is 5.20. The van der Waals surface area contributed by atoms with Gasteiger partial charge in [-0.25, -0.2) is 4.98 Å². The van der Waals surface area contributed by atoms with Crippen LogP contribution in [-0.4, -0.2) is 25.9 Å². The standard InChI is InChI=1S/C11H10N4OS/c12-11-14-10(16)9(17-11)5-15-6-13-7-3-1-2-4-8(7)15/h1-4,6,9H,5H2,(H2,12,14,16). The molecule has 0 spiro atoms. The third-order valence-corrected chi connectivity index (χ3v) is 3.66. The molecule has 2 N–H and O–H groups in total. The third-order valence-electron chi connectivity index (χ3n) is 2.68. The highest BCUT2D eigenvalue weighted by molar-refractivity contribution is 8.15. The van der Waals surface area contributed by atoms with E-state index in [4.69, 9.17) is 5.41 Å². The molecule has 17 heavy (non-hydrogen) atoms. The van der Waals surface area contributed by atoms with Gasteiger partial charge < -0.3 is 9.88 Å². The fourth-order valence-corrected chi connectivity index (χ4v) is 2.72. The third kappa shape index (κ3) is 1.80. The van der Waals surface area contributed by atoms with Gasteiger partial charge in [-0.2, -0.15) is 0 Å². The molecule has 3 rings (SSSR count). The van der Waals surface area contributed by atoms with Gasteiger partial charge in [-0.05, 0) is 12.1 Å². The normalized spacial score (nSPS) is 19.9. The fraction of sp³-hybridized carbons (Fsp3) is 0.182. The van der Waals surface area contributed by atoms with Crippen LogP contribution < -0.4 is 5.32 Å². The summed E-state index contributed by atoms with van der Waals surface area (Å²) in [5.41, 5.74) is 1.94. The molecule has 1 aromatic carbocycles. The molecule has 1 aliphatic rings. The Morgan fingerprint density at radius 2 is 2.29 bits per heavy atom.